The van der Waals surface area contributed by atoms with Crippen LogP contribution in [0.25, 0.3) is 0 Å². The van der Waals surface area contributed by atoms with Crippen LogP contribution < -0.4 is 10.6 Å². The van der Waals surface area contributed by atoms with E-state index in [2.05, 4.69) is 27.7 Å². The number of anilines is 1. The number of benzene rings is 1. The van der Waals surface area contributed by atoms with Gasteiger partial charge in [0.2, 0.25) is 5.91 Å². The number of nitrogens with zero attached hydrogens (tertiary/aromatic N) is 1. The zero-order chi connectivity index (χ0) is 16.6. The zero-order valence-corrected chi connectivity index (χ0v) is 14.4. The molecule has 1 unspecified atom stereocenters. The number of carbonyl (C=O) groups excluding carboxylic acids is 1. The highest BCUT2D eigenvalue weighted by Gasteiger charge is 2.16. The summed E-state index contributed by atoms with van der Waals surface area (Å²) in [6.07, 6.45) is 5.60. The zero-order valence-electron chi connectivity index (χ0n) is 14.4. The van der Waals surface area contributed by atoms with E-state index in [1.165, 1.54) is 37.9 Å². The van der Waals surface area contributed by atoms with Crippen LogP contribution in [-0.4, -0.2) is 56.2 Å². The first-order chi connectivity index (χ1) is 11.8. The number of morpholine rings is 1. The van der Waals surface area contributed by atoms with E-state index in [1.54, 1.807) is 0 Å². The molecule has 3 rings (SSSR count). The largest absolute Gasteiger partial charge is 0.378 e. The summed E-state index contributed by atoms with van der Waals surface area (Å²) in [7, 11) is 0. The SMILES string of the molecule is O=C(CC1COCCN1)Nc1ccc(CCN2CCCCC2)cc1. The monoisotopic (exact) mass is 331 g/mol. The third-order valence-electron chi connectivity index (χ3n) is 4.83. The minimum Gasteiger partial charge on any atom is -0.378 e. The second kappa shape index (κ2) is 9.16. The Balaban J connectivity index is 1.41. The van der Waals surface area contributed by atoms with Gasteiger partial charge >= 0.3 is 0 Å². The third kappa shape index (κ3) is 5.58. The second-order valence-corrected chi connectivity index (χ2v) is 6.83. The van der Waals surface area contributed by atoms with Gasteiger partial charge < -0.3 is 20.3 Å². The Morgan fingerprint density at radius 1 is 1.21 bits per heavy atom. The third-order valence-corrected chi connectivity index (χ3v) is 4.83. The second-order valence-electron chi connectivity index (χ2n) is 6.83. The fraction of sp³-hybridized carbons (Fsp3) is 0.632. The van der Waals surface area contributed by atoms with Crippen LogP contribution in [0.4, 0.5) is 5.69 Å². The molecule has 0 aliphatic carbocycles. The van der Waals surface area contributed by atoms with Crippen molar-refractivity contribution in [2.45, 2.75) is 38.1 Å². The molecule has 2 heterocycles. The van der Waals surface area contributed by atoms with Gasteiger partial charge in [0.15, 0.2) is 0 Å². The molecule has 2 N–H and O–H groups in total. The molecule has 132 valence electrons. The summed E-state index contributed by atoms with van der Waals surface area (Å²) in [5.41, 5.74) is 2.21. The van der Waals surface area contributed by atoms with E-state index >= 15 is 0 Å². The first-order valence-corrected chi connectivity index (χ1v) is 9.22. The van der Waals surface area contributed by atoms with Crippen LogP contribution in [0.2, 0.25) is 0 Å². The molecular formula is C19H29N3O2. The standard InChI is InChI=1S/C19H29N3O2/c23-19(14-18-15-24-13-9-20-18)21-17-6-4-16(5-7-17)8-12-22-10-2-1-3-11-22/h4-7,18,20H,1-3,8-15H2,(H,21,23). The first-order valence-electron chi connectivity index (χ1n) is 9.22. The topological polar surface area (TPSA) is 53.6 Å². The summed E-state index contributed by atoms with van der Waals surface area (Å²) < 4.78 is 5.38. The molecule has 2 aliphatic heterocycles. The van der Waals surface area contributed by atoms with Crippen LogP contribution in [-0.2, 0) is 16.0 Å². The normalized spacial score (nSPS) is 22.2. The number of carbonyl (C=O) groups is 1. The highest BCUT2D eigenvalue weighted by Crippen LogP contribution is 2.13. The Morgan fingerprint density at radius 3 is 2.71 bits per heavy atom. The van der Waals surface area contributed by atoms with Crippen LogP contribution in [0, 0.1) is 0 Å². The van der Waals surface area contributed by atoms with Crippen molar-refractivity contribution in [1.82, 2.24) is 10.2 Å². The lowest BCUT2D eigenvalue weighted by Gasteiger charge is -2.26. The number of amides is 1. The van der Waals surface area contributed by atoms with Gasteiger partial charge in [0, 0.05) is 31.2 Å². The number of nitrogens with one attached hydrogen (secondary N) is 2. The minimum atomic E-state index is 0.0408. The Hall–Kier alpha value is -1.43. The molecule has 24 heavy (non-hydrogen) atoms. The Bertz CT molecular complexity index is 506. The summed E-state index contributed by atoms with van der Waals surface area (Å²) in [5, 5.41) is 6.28. The fourth-order valence-electron chi connectivity index (χ4n) is 3.41. The van der Waals surface area contributed by atoms with Crippen LogP contribution in [0.3, 0.4) is 0 Å². The van der Waals surface area contributed by atoms with Crippen molar-refractivity contribution in [2.75, 3.05) is 44.7 Å². The summed E-state index contributed by atoms with van der Waals surface area (Å²) in [5.74, 6) is 0.0408. The van der Waals surface area contributed by atoms with Crippen molar-refractivity contribution in [2.24, 2.45) is 0 Å². The molecule has 0 bridgehead atoms. The molecule has 1 aromatic carbocycles. The van der Waals surface area contributed by atoms with Crippen molar-refractivity contribution >= 4 is 11.6 Å². The van der Waals surface area contributed by atoms with Gasteiger partial charge in [-0.1, -0.05) is 18.6 Å². The first kappa shape index (κ1) is 17.4. The molecule has 0 spiro atoms. The quantitative estimate of drug-likeness (QED) is 0.837. The maximum atomic E-state index is 12.1. The van der Waals surface area contributed by atoms with E-state index in [9.17, 15) is 4.79 Å². The molecular weight excluding hydrogens is 302 g/mol. The van der Waals surface area contributed by atoms with Gasteiger partial charge in [-0.2, -0.15) is 0 Å². The summed E-state index contributed by atoms with van der Waals surface area (Å²) >= 11 is 0. The smallest absolute Gasteiger partial charge is 0.226 e. The molecule has 0 radical (unpaired) electrons. The Labute approximate surface area is 144 Å². The number of hydrogen-bond donors (Lipinski definition) is 2. The molecule has 2 aliphatic rings. The summed E-state index contributed by atoms with van der Waals surface area (Å²) in [6, 6.07) is 8.40. The minimum absolute atomic E-state index is 0.0408. The van der Waals surface area contributed by atoms with Gasteiger partial charge in [0.05, 0.1) is 13.2 Å². The van der Waals surface area contributed by atoms with Crippen molar-refractivity contribution in [3.8, 4) is 0 Å². The van der Waals surface area contributed by atoms with Crippen LogP contribution in [0.1, 0.15) is 31.2 Å². The van der Waals surface area contributed by atoms with Gasteiger partial charge in [-0.3, -0.25) is 4.79 Å². The number of rotatable bonds is 6. The highest BCUT2D eigenvalue weighted by molar-refractivity contribution is 5.91. The fourth-order valence-corrected chi connectivity index (χ4v) is 3.41. The molecule has 2 saturated heterocycles. The molecule has 0 saturated carbocycles. The molecule has 5 heteroatoms. The number of likely N-dealkylation sites (tertiary alicyclic amines) is 1. The van der Waals surface area contributed by atoms with E-state index in [1.807, 2.05) is 12.1 Å². The van der Waals surface area contributed by atoms with Crippen LogP contribution >= 0.6 is 0 Å². The van der Waals surface area contributed by atoms with Gasteiger partial charge in [-0.15, -0.1) is 0 Å². The lowest BCUT2D eigenvalue weighted by atomic mass is 10.1. The van der Waals surface area contributed by atoms with Crippen LogP contribution in [0.5, 0.6) is 0 Å². The lowest BCUT2D eigenvalue weighted by Crippen LogP contribution is -2.43. The molecule has 1 amide bonds. The van der Waals surface area contributed by atoms with Crippen molar-refractivity contribution < 1.29 is 9.53 Å². The van der Waals surface area contributed by atoms with Gasteiger partial charge in [0.1, 0.15) is 0 Å². The van der Waals surface area contributed by atoms with Gasteiger partial charge in [-0.05, 0) is 50.0 Å². The maximum absolute atomic E-state index is 12.1. The molecule has 1 atom stereocenters. The van der Waals surface area contributed by atoms with E-state index in [0.717, 1.165) is 31.8 Å². The predicted octanol–water partition coefficient (Wildman–Crippen LogP) is 2.03. The van der Waals surface area contributed by atoms with Crippen molar-refractivity contribution in [1.29, 1.82) is 0 Å². The van der Waals surface area contributed by atoms with E-state index in [4.69, 9.17) is 4.74 Å². The molecule has 0 aromatic heterocycles. The molecule has 5 nitrogen and oxygen atoms in total. The van der Waals surface area contributed by atoms with Crippen LogP contribution in [0.15, 0.2) is 24.3 Å². The summed E-state index contributed by atoms with van der Waals surface area (Å²) in [4.78, 5) is 14.6. The molecule has 2 fully saturated rings. The Morgan fingerprint density at radius 2 is 2.00 bits per heavy atom. The number of piperidine rings is 1. The molecule has 1 aromatic rings. The van der Waals surface area contributed by atoms with E-state index in [-0.39, 0.29) is 11.9 Å². The lowest BCUT2D eigenvalue weighted by molar-refractivity contribution is -0.117. The van der Waals surface area contributed by atoms with E-state index in [0.29, 0.717) is 13.0 Å². The Kier molecular flexibility index (Phi) is 6.64. The van der Waals surface area contributed by atoms with Crippen molar-refractivity contribution in [3.05, 3.63) is 29.8 Å². The highest BCUT2D eigenvalue weighted by atomic mass is 16.5. The van der Waals surface area contributed by atoms with E-state index < -0.39 is 0 Å². The maximum Gasteiger partial charge on any atom is 0.226 e. The average molecular weight is 331 g/mol. The van der Waals surface area contributed by atoms with Crippen molar-refractivity contribution in [3.63, 3.8) is 0 Å². The van der Waals surface area contributed by atoms with Gasteiger partial charge in [-0.25, -0.2) is 0 Å². The average Bonchev–Trinajstić information content (AvgIpc) is 2.63. The van der Waals surface area contributed by atoms with Gasteiger partial charge in [0.25, 0.3) is 0 Å². The predicted molar refractivity (Wildman–Crippen MR) is 96.3 cm³/mol. The number of hydrogen-bond acceptors (Lipinski definition) is 4. The summed E-state index contributed by atoms with van der Waals surface area (Å²) in [6.45, 7) is 5.79. The number of ether oxygens (including phenoxy) is 1.